The van der Waals surface area contributed by atoms with Gasteiger partial charge in [0.05, 0.1) is 10.9 Å². The molecule has 1 aromatic heterocycles. The molecular formula is C35H33Cl2F6N2P. The summed E-state index contributed by atoms with van der Waals surface area (Å²) in [5.74, 6) is 0. The molecule has 0 spiro atoms. The number of allylic oxidation sites excluding steroid dienone is 4. The third kappa shape index (κ3) is 7.79. The van der Waals surface area contributed by atoms with Crippen molar-refractivity contribution >= 4 is 80.9 Å². The number of aromatic nitrogens is 1. The normalized spacial score (nSPS) is 15.5. The summed E-state index contributed by atoms with van der Waals surface area (Å²) in [5, 5.41) is 8.88. The van der Waals surface area contributed by atoms with E-state index in [2.05, 4.69) is 102 Å². The first-order chi connectivity index (χ1) is 21.6. The molecule has 6 rings (SSSR count). The van der Waals surface area contributed by atoms with Gasteiger partial charge in [-0.25, -0.2) is 0 Å². The van der Waals surface area contributed by atoms with E-state index in [0.717, 1.165) is 59.6 Å². The van der Waals surface area contributed by atoms with Gasteiger partial charge >= 0.3 is 33.0 Å². The van der Waals surface area contributed by atoms with Gasteiger partial charge < -0.3 is 4.57 Å². The molecule has 0 saturated carbocycles. The van der Waals surface area contributed by atoms with Crippen LogP contribution in [0.3, 0.4) is 0 Å². The SMILES string of the molecule is CCCCn1/c(=C/C=C/C=C/C2=[N+](CCCC)c3ccc(Cl)c4cccc2c34)c2cccc3c(Cl)ccc1c32.F[P-](F)(F)(F)(F)F. The molecule has 1 aliphatic rings. The van der Waals surface area contributed by atoms with Gasteiger partial charge in [0.25, 0.3) is 0 Å². The zero-order chi connectivity index (χ0) is 33.3. The molecule has 2 heterocycles. The molecule has 0 bridgehead atoms. The molecule has 0 saturated heterocycles. The second kappa shape index (κ2) is 12.4. The first-order valence-corrected chi connectivity index (χ1v) is 17.8. The van der Waals surface area contributed by atoms with Crippen LogP contribution >= 0.6 is 31.0 Å². The van der Waals surface area contributed by atoms with Gasteiger partial charge in [0, 0.05) is 67.6 Å². The number of aryl methyl sites for hydroxylation is 1. The zero-order valence-corrected chi connectivity index (χ0v) is 27.7. The van der Waals surface area contributed by atoms with Crippen LogP contribution in [0, 0.1) is 0 Å². The number of rotatable bonds is 9. The summed E-state index contributed by atoms with van der Waals surface area (Å²) in [4.78, 5) is 0. The molecular weight excluding hydrogens is 664 g/mol. The van der Waals surface area contributed by atoms with E-state index in [-0.39, 0.29) is 0 Å². The van der Waals surface area contributed by atoms with E-state index in [0.29, 0.717) is 0 Å². The van der Waals surface area contributed by atoms with Crippen LogP contribution in [-0.4, -0.2) is 21.4 Å². The Hall–Kier alpha value is -3.32. The van der Waals surface area contributed by atoms with Crippen molar-refractivity contribution in [1.29, 1.82) is 0 Å². The molecule has 0 atom stereocenters. The summed E-state index contributed by atoms with van der Waals surface area (Å²) in [6.45, 7) is 6.47. The molecule has 5 aromatic rings. The molecule has 4 aromatic carbocycles. The van der Waals surface area contributed by atoms with Crippen LogP contribution in [0.25, 0.3) is 38.5 Å². The first kappa shape index (κ1) is 34.0. The van der Waals surface area contributed by atoms with Crippen molar-refractivity contribution in [3.63, 3.8) is 0 Å². The van der Waals surface area contributed by atoms with E-state index in [1.807, 2.05) is 12.1 Å². The molecule has 0 fully saturated rings. The molecule has 244 valence electrons. The van der Waals surface area contributed by atoms with E-state index < -0.39 is 7.81 Å². The molecule has 2 nitrogen and oxygen atoms in total. The van der Waals surface area contributed by atoms with Crippen LogP contribution in [0.2, 0.25) is 10.0 Å². The van der Waals surface area contributed by atoms with Gasteiger partial charge in [0.2, 0.25) is 11.4 Å². The summed E-state index contributed by atoms with van der Waals surface area (Å²) in [6, 6.07) is 21.3. The van der Waals surface area contributed by atoms with Crippen LogP contribution < -0.4 is 5.35 Å². The fourth-order valence-electron chi connectivity index (χ4n) is 5.96. The Morgan fingerprint density at radius 1 is 0.717 bits per heavy atom. The van der Waals surface area contributed by atoms with Crippen molar-refractivity contribution in [1.82, 2.24) is 4.57 Å². The molecule has 0 aliphatic carbocycles. The van der Waals surface area contributed by atoms with Gasteiger partial charge in [0.1, 0.15) is 6.54 Å². The van der Waals surface area contributed by atoms with Crippen molar-refractivity contribution in [2.45, 2.75) is 46.1 Å². The van der Waals surface area contributed by atoms with Crippen molar-refractivity contribution in [2.24, 2.45) is 0 Å². The van der Waals surface area contributed by atoms with Gasteiger partial charge in [0.15, 0.2) is 0 Å². The van der Waals surface area contributed by atoms with E-state index in [1.165, 1.54) is 44.0 Å². The van der Waals surface area contributed by atoms with Crippen LogP contribution in [0.5, 0.6) is 0 Å². The Morgan fingerprint density at radius 2 is 1.33 bits per heavy atom. The molecule has 0 N–H and O–H groups in total. The van der Waals surface area contributed by atoms with Crippen LogP contribution in [0.1, 0.15) is 45.1 Å². The standard InChI is InChI=1S/C35H33Cl2N2.F6P/c1-3-5-22-38-30(26-14-10-12-24-28(36)18-20-32(38)34(24)26)16-8-7-9-17-31-27-15-11-13-25-29(37)19-21-33(35(25)27)39(31)23-6-4-2;1-7(2,3,4,5)6/h7-21H,3-6,22-23H2,1-2H3;/q+1;-1. The van der Waals surface area contributed by atoms with Crippen LogP contribution in [0.15, 0.2) is 85.0 Å². The second-order valence-corrected chi connectivity index (χ2v) is 14.0. The number of hydrogen-bond acceptors (Lipinski definition) is 0. The summed E-state index contributed by atoms with van der Waals surface area (Å²) in [5.41, 5.74) is 5.00. The molecule has 0 radical (unpaired) electrons. The monoisotopic (exact) mass is 696 g/mol. The average molecular weight is 698 g/mol. The minimum absolute atomic E-state index is 0.810. The first-order valence-electron chi connectivity index (χ1n) is 15.1. The predicted molar refractivity (Wildman–Crippen MR) is 184 cm³/mol. The van der Waals surface area contributed by atoms with Crippen molar-refractivity contribution in [2.75, 3.05) is 6.54 Å². The third-order valence-electron chi connectivity index (χ3n) is 7.85. The maximum absolute atomic E-state index is 10.7. The summed E-state index contributed by atoms with van der Waals surface area (Å²) in [7, 11) is -10.7. The van der Waals surface area contributed by atoms with E-state index >= 15 is 0 Å². The zero-order valence-electron chi connectivity index (χ0n) is 25.3. The third-order valence-corrected chi connectivity index (χ3v) is 8.51. The van der Waals surface area contributed by atoms with Gasteiger partial charge in [-0.15, -0.1) is 0 Å². The fourth-order valence-corrected chi connectivity index (χ4v) is 6.40. The maximum atomic E-state index is 9.87. The molecule has 0 amide bonds. The Morgan fingerprint density at radius 3 is 2.00 bits per heavy atom. The Kier molecular flexibility index (Phi) is 9.15. The van der Waals surface area contributed by atoms with Crippen molar-refractivity contribution in [3.8, 4) is 0 Å². The molecule has 0 unspecified atom stereocenters. The second-order valence-electron chi connectivity index (χ2n) is 11.2. The number of nitrogens with zero attached hydrogens (tertiary/aromatic N) is 2. The van der Waals surface area contributed by atoms with Gasteiger partial charge in [-0.3, -0.25) is 0 Å². The van der Waals surface area contributed by atoms with Crippen molar-refractivity contribution < 1.29 is 29.8 Å². The Balaban J connectivity index is 0.000000537. The summed E-state index contributed by atoms with van der Waals surface area (Å²) >= 11 is 13.2. The molecule has 11 heteroatoms. The van der Waals surface area contributed by atoms with Gasteiger partial charge in [-0.05, 0) is 36.8 Å². The number of hydrogen-bond donors (Lipinski definition) is 0. The fraction of sp³-hybridized carbons (Fsp3) is 0.229. The summed E-state index contributed by atoms with van der Waals surface area (Å²) < 4.78 is 64.1. The van der Waals surface area contributed by atoms with E-state index in [4.69, 9.17) is 23.2 Å². The number of benzene rings is 4. The molecule has 46 heavy (non-hydrogen) atoms. The van der Waals surface area contributed by atoms with E-state index in [1.54, 1.807) is 0 Å². The van der Waals surface area contributed by atoms with Crippen molar-refractivity contribution in [3.05, 3.63) is 106 Å². The molecule has 1 aliphatic heterocycles. The Bertz CT molecular complexity index is 2090. The van der Waals surface area contributed by atoms with Crippen LogP contribution in [0.4, 0.5) is 30.9 Å². The topological polar surface area (TPSA) is 7.94 Å². The average Bonchev–Trinajstić information content (AvgIpc) is 3.45. The van der Waals surface area contributed by atoms with Gasteiger partial charge in [-0.2, -0.15) is 4.58 Å². The minimum atomic E-state index is -10.7. The quantitative estimate of drug-likeness (QED) is 0.0627. The van der Waals surface area contributed by atoms with E-state index in [9.17, 15) is 25.2 Å². The van der Waals surface area contributed by atoms with Gasteiger partial charge in [-0.1, -0.05) is 98.5 Å². The predicted octanol–water partition coefficient (Wildman–Crippen LogP) is 13.0. The number of halogens is 8. The Labute approximate surface area is 273 Å². The number of unbranched alkanes of at least 4 members (excludes halogenated alkanes) is 2. The van der Waals surface area contributed by atoms with Crippen LogP contribution in [-0.2, 0) is 6.54 Å². The summed E-state index contributed by atoms with van der Waals surface area (Å²) in [6.07, 6.45) is 15.5.